The van der Waals surface area contributed by atoms with Gasteiger partial charge in [0.1, 0.15) is 0 Å². The molecule has 0 saturated carbocycles. The molecule has 0 saturated heterocycles. The number of rotatable bonds is 5. The molecule has 0 aromatic heterocycles. The molecule has 6 heteroatoms. The van der Waals surface area contributed by atoms with Gasteiger partial charge in [0.05, 0.1) is 0 Å². The van der Waals surface area contributed by atoms with Gasteiger partial charge in [-0.1, -0.05) is 0 Å². The van der Waals surface area contributed by atoms with Crippen molar-refractivity contribution in [3.63, 3.8) is 0 Å². The van der Waals surface area contributed by atoms with Crippen molar-refractivity contribution in [2.45, 2.75) is 74.4 Å². The van der Waals surface area contributed by atoms with Crippen molar-refractivity contribution in [3.05, 3.63) is 47.6 Å². The van der Waals surface area contributed by atoms with Crippen LogP contribution in [0, 0.1) is 0 Å². The van der Waals surface area contributed by atoms with Crippen molar-refractivity contribution >= 4 is 49.6 Å². The van der Waals surface area contributed by atoms with Crippen LogP contribution in [0.1, 0.15) is 19.3 Å². The van der Waals surface area contributed by atoms with Crippen molar-refractivity contribution in [2.24, 2.45) is 0 Å². The van der Waals surface area contributed by atoms with Gasteiger partial charge in [0.25, 0.3) is 0 Å². The topological polar surface area (TPSA) is 0 Å². The van der Waals surface area contributed by atoms with Crippen LogP contribution < -0.4 is 0 Å². The van der Waals surface area contributed by atoms with E-state index in [0.717, 1.165) is 0 Å². The molecule has 0 aromatic carbocycles. The molecule has 0 aliphatic heterocycles. The second kappa shape index (κ2) is 10.4. The first-order valence-corrected chi connectivity index (χ1v) is 51.4. The second-order valence-electron chi connectivity index (χ2n) is 17.1. The molecule has 0 unspecified atom stereocenters. The fourth-order valence-electron chi connectivity index (χ4n) is 3.22. The predicted octanol–water partition coefficient (Wildman–Crippen LogP) is 11.6. The van der Waals surface area contributed by atoms with Gasteiger partial charge in [0.2, 0.25) is 0 Å². The Balaban J connectivity index is -0.000000190. The van der Waals surface area contributed by atoms with Crippen LogP contribution in [0.3, 0.4) is 0 Å². The van der Waals surface area contributed by atoms with Crippen LogP contribution >= 0.6 is 49.6 Å². The Morgan fingerprint density at radius 3 is 1.24 bits per heavy atom. The zero-order valence-corrected chi connectivity index (χ0v) is 31.1. The van der Waals surface area contributed by atoms with E-state index < -0.39 is 34.1 Å². The van der Waals surface area contributed by atoms with E-state index in [-0.39, 0.29) is 49.6 Å². The molecular weight excluding hydrogens is 775 g/mol. The van der Waals surface area contributed by atoms with Gasteiger partial charge in [0, 0.05) is 0 Å². The first kappa shape index (κ1) is 38.1. The van der Waals surface area contributed by atoms with E-state index in [1.54, 1.807) is 11.1 Å². The molecule has 0 amide bonds. The van der Waals surface area contributed by atoms with E-state index in [0.29, 0.717) is 0 Å². The molecule has 2 rings (SSSR count). The average molecular weight is 825 g/mol. The molecule has 0 radical (unpaired) electrons. The van der Waals surface area contributed by atoms with E-state index in [1.807, 2.05) is 0 Å². The van der Waals surface area contributed by atoms with Crippen molar-refractivity contribution in [3.8, 4) is 0 Å². The van der Waals surface area contributed by atoms with E-state index in [9.17, 15) is 0 Å². The van der Waals surface area contributed by atoms with Gasteiger partial charge in [-0.25, -0.2) is 0 Å². The zero-order chi connectivity index (χ0) is 19.7. The van der Waals surface area contributed by atoms with Crippen LogP contribution in [0.15, 0.2) is 47.6 Å². The first-order chi connectivity index (χ1) is 10.6. The summed E-state index contributed by atoms with van der Waals surface area (Å²) in [5.74, 6) is 0. The Morgan fingerprint density at radius 1 is 0.586 bits per heavy atom. The minimum atomic E-state index is -2.76. The van der Waals surface area contributed by atoms with Gasteiger partial charge in [0.15, 0.2) is 0 Å². The molecule has 29 heavy (non-hydrogen) atoms. The van der Waals surface area contributed by atoms with Crippen molar-refractivity contribution in [1.29, 1.82) is 0 Å². The Bertz CT molecular complexity index is 641. The van der Waals surface area contributed by atoms with Gasteiger partial charge in [-0.3, -0.25) is 0 Å². The van der Waals surface area contributed by atoms with Gasteiger partial charge < -0.3 is 0 Å². The predicted molar refractivity (Wildman–Crippen MR) is 146 cm³/mol. The van der Waals surface area contributed by atoms with Crippen molar-refractivity contribution in [1.82, 2.24) is 0 Å². The molecular formula is C23H50Cl4Hf2. The normalized spacial score (nSPS) is 19.7. The summed E-state index contributed by atoms with van der Waals surface area (Å²) in [5.41, 5.74) is 3.28. The third kappa shape index (κ3) is 24.3. The molecule has 178 valence electrons. The Morgan fingerprint density at radius 2 is 0.966 bits per heavy atom. The molecule has 0 N–H and O–H groups in total. The van der Waals surface area contributed by atoms with Crippen LogP contribution in [0.5, 0.6) is 0 Å². The van der Waals surface area contributed by atoms with E-state index >= 15 is 0 Å². The summed E-state index contributed by atoms with van der Waals surface area (Å²) < 4.78 is 28.3. The molecule has 2 aliphatic carbocycles. The molecule has 0 heterocycles. The van der Waals surface area contributed by atoms with Gasteiger partial charge >= 0.3 is 156 Å². The molecule has 0 spiro atoms. The van der Waals surface area contributed by atoms with Crippen molar-refractivity contribution < 1.29 is 34.1 Å². The third-order valence-electron chi connectivity index (χ3n) is 4.50. The first-order valence-electron chi connectivity index (χ1n) is 10.3. The molecule has 0 nitrogen and oxygen atoms in total. The zero-order valence-electron chi connectivity index (χ0n) is 20.6. The van der Waals surface area contributed by atoms with E-state index in [4.69, 9.17) is 0 Å². The monoisotopic (exact) mass is 826 g/mol. The summed E-state index contributed by atoms with van der Waals surface area (Å²) in [6.07, 6.45) is 17.2. The molecule has 2 aliphatic rings. The third-order valence-corrected chi connectivity index (χ3v) is 22.4. The summed E-state index contributed by atoms with van der Waals surface area (Å²) in [4.78, 5) is 0. The Labute approximate surface area is 203 Å². The van der Waals surface area contributed by atoms with Crippen molar-refractivity contribution in [2.75, 3.05) is 0 Å². The van der Waals surface area contributed by atoms with Crippen LogP contribution in [0.4, 0.5) is 0 Å². The quantitative estimate of drug-likeness (QED) is 0.242. The van der Waals surface area contributed by atoms with Gasteiger partial charge in [-0.15, -0.1) is 49.6 Å². The summed E-state index contributed by atoms with van der Waals surface area (Å²) in [6.45, 7) is 0. The summed E-state index contributed by atoms with van der Waals surface area (Å²) in [6, 6.07) is 0. The summed E-state index contributed by atoms with van der Waals surface area (Å²) in [5, 5.41) is 0. The molecule has 0 atom stereocenters. The second-order valence-corrected chi connectivity index (χ2v) is 117. The number of halogens is 4. The summed E-state index contributed by atoms with van der Waals surface area (Å²) >= 11 is -5.48. The fraction of sp³-hybridized carbons (Fsp3) is 0.652. The maximum atomic E-state index is 2.55. The van der Waals surface area contributed by atoms with Crippen LogP contribution in [0.2, 0.25) is 55.2 Å². The van der Waals surface area contributed by atoms with Crippen LogP contribution in [-0.2, 0) is 34.1 Å². The fourth-order valence-corrected chi connectivity index (χ4v) is 18.0. The van der Waals surface area contributed by atoms with E-state index in [1.165, 1.54) is 27.6 Å². The van der Waals surface area contributed by atoms with Gasteiger partial charge in [-0.05, 0) is 0 Å². The van der Waals surface area contributed by atoms with E-state index in [2.05, 4.69) is 83.3 Å². The standard InChI is InChI=1S/C7H9.C6H7.10CH3.4ClH.2Hf/c1-2-7-5-3-4-6-7;1-6-4-2-3-5-6;;;;;;;;;;;;;;;;/h3-5H,1-2,6H2;2-4H,1,5H2;10*1H3;4*1H;;. The SMILES string of the molecule is Cl.Cl.Cl.Cl.[CH3][Hf]([CH3])([CH3])([CH3])([CH3])[CH2]C1=CC=CC1.[CH3][Hf]([CH3])([CH3])([CH3])([CH3])[CH2]CC1=CC=CC1. The summed E-state index contributed by atoms with van der Waals surface area (Å²) in [7, 11) is 0. The number of allylic oxidation sites excluding steroid dienone is 8. The van der Waals surface area contributed by atoms with Gasteiger partial charge in [-0.2, -0.15) is 0 Å². The molecule has 0 fully saturated rings. The molecule has 0 bridgehead atoms. The molecule has 0 aromatic rings. The van der Waals surface area contributed by atoms with Crippen LogP contribution in [0.25, 0.3) is 0 Å². The average Bonchev–Trinajstić information content (AvgIpc) is 2.92. The van der Waals surface area contributed by atoms with Crippen LogP contribution in [-0.4, -0.2) is 0 Å². The Hall–Kier alpha value is 1.86. The number of hydrogen-bond donors (Lipinski definition) is 0. The number of hydrogen-bond acceptors (Lipinski definition) is 0. The Kier molecular flexibility index (Phi) is 13.7. The minimum absolute atomic E-state index is 0. The maximum absolute atomic E-state index is 2.76.